The molecule has 0 spiro atoms. The highest BCUT2D eigenvalue weighted by Gasteiger charge is 2.25. The van der Waals surface area contributed by atoms with Crippen molar-refractivity contribution in [1.82, 2.24) is 10.2 Å². The third-order valence-corrected chi connectivity index (χ3v) is 3.94. The molecule has 1 saturated heterocycles. The van der Waals surface area contributed by atoms with Crippen molar-refractivity contribution in [2.75, 3.05) is 19.6 Å². The second kappa shape index (κ2) is 10.0. The Bertz CT molecular complexity index is 335. The van der Waals surface area contributed by atoms with Crippen LogP contribution in [0.25, 0.3) is 0 Å². The van der Waals surface area contributed by atoms with E-state index in [-0.39, 0.29) is 36.8 Å². The van der Waals surface area contributed by atoms with Gasteiger partial charge < -0.3 is 16.0 Å². The van der Waals surface area contributed by atoms with Gasteiger partial charge in [0.15, 0.2) is 0 Å². The predicted octanol–water partition coefficient (Wildman–Crippen LogP) is 1.55. The third-order valence-electron chi connectivity index (χ3n) is 3.94. The molecule has 2 atom stereocenters. The van der Waals surface area contributed by atoms with E-state index >= 15 is 0 Å². The van der Waals surface area contributed by atoms with E-state index in [4.69, 9.17) is 5.73 Å². The Morgan fingerprint density at radius 2 is 2.00 bits per heavy atom. The van der Waals surface area contributed by atoms with Gasteiger partial charge in [0, 0.05) is 25.6 Å². The lowest BCUT2D eigenvalue weighted by Gasteiger charge is -2.34. The molecule has 3 N–H and O–H groups in total. The zero-order valence-corrected chi connectivity index (χ0v) is 14.2. The highest BCUT2D eigenvalue weighted by Crippen LogP contribution is 2.18. The molecule has 0 aromatic rings. The number of halogens is 1. The van der Waals surface area contributed by atoms with Crippen LogP contribution in [0, 0.1) is 11.8 Å². The summed E-state index contributed by atoms with van der Waals surface area (Å²) in [6, 6.07) is 0.117. The number of nitrogens with zero attached hydrogens (tertiary/aromatic N) is 1. The van der Waals surface area contributed by atoms with Gasteiger partial charge in [-0.15, -0.1) is 12.4 Å². The minimum atomic E-state index is -0.0344. The van der Waals surface area contributed by atoms with Crippen LogP contribution >= 0.6 is 12.4 Å². The smallest absolute Gasteiger partial charge is 0.241 e. The van der Waals surface area contributed by atoms with Gasteiger partial charge in [-0.05, 0) is 38.0 Å². The normalized spacial score (nSPS) is 19.9. The van der Waals surface area contributed by atoms with E-state index in [9.17, 15) is 9.59 Å². The summed E-state index contributed by atoms with van der Waals surface area (Å²) in [6.07, 6.45) is 3.44. The van der Waals surface area contributed by atoms with Crippen LogP contribution < -0.4 is 11.1 Å². The van der Waals surface area contributed by atoms with E-state index in [1.165, 1.54) is 0 Å². The summed E-state index contributed by atoms with van der Waals surface area (Å²) in [5.74, 6) is 0.857. The van der Waals surface area contributed by atoms with Crippen molar-refractivity contribution in [3.63, 3.8) is 0 Å². The molecule has 6 heteroatoms. The summed E-state index contributed by atoms with van der Waals surface area (Å²) >= 11 is 0. The molecule has 21 heavy (non-hydrogen) atoms. The third kappa shape index (κ3) is 7.67. The van der Waals surface area contributed by atoms with Crippen molar-refractivity contribution >= 4 is 24.2 Å². The molecule has 0 aromatic heterocycles. The largest absolute Gasteiger partial charge is 0.347 e. The topological polar surface area (TPSA) is 75.4 Å². The highest BCUT2D eigenvalue weighted by atomic mass is 35.5. The average molecular weight is 320 g/mol. The second-order valence-corrected chi connectivity index (χ2v) is 6.31. The molecule has 1 rings (SSSR count). The van der Waals surface area contributed by atoms with E-state index in [2.05, 4.69) is 19.2 Å². The molecule has 1 heterocycles. The van der Waals surface area contributed by atoms with Crippen LogP contribution in [0.15, 0.2) is 0 Å². The lowest BCUT2D eigenvalue weighted by Crippen LogP contribution is -2.48. The maximum absolute atomic E-state index is 12.1. The van der Waals surface area contributed by atoms with Crippen molar-refractivity contribution in [1.29, 1.82) is 0 Å². The van der Waals surface area contributed by atoms with Crippen molar-refractivity contribution in [3.05, 3.63) is 0 Å². The van der Waals surface area contributed by atoms with E-state index in [0.717, 1.165) is 32.4 Å². The molecule has 0 saturated carbocycles. The molecule has 1 fully saturated rings. The molecule has 0 radical (unpaired) electrons. The number of amides is 2. The standard InChI is InChI=1S/C15H29N3O2.ClH/c1-11(2)6-7-14(19)17-9-15(20)18-8-4-5-13(10-18)12(3)16;/h11-13H,4-10,16H2,1-3H3,(H,17,19);1H. The van der Waals surface area contributed by atoms with Gasteiger partial charge in [0.2, 0.25) is 11.8 Å². The predicted molar refractivity (Wildman–Crippen MR) is 87.3 cm³/mol. The molecule has 5 nitrogen and oxygen atoms in total. The zero-order chi connectivity index (χ0) is 15.1. The fraction of sp³-hybridized carbons (Fsp3) is 0.867. The minimum absolute atomic E-state index is 0. The van der Waals surface area contributed by atoms with Gasteiger partial charge in [-0.25, -0.2) is 0 Å². The van der Waals surface area contributed by atoms with Crippen molar-refractivity contribution in [2.45, 2.75) is 52.5 Å². The van der Waals surface area contributed by atoms with Gasteiger partial charge in [0.1, 0.15) is 0 Å². The number of piperidine rings is 1. The van der Waals surface area contributed by atoms with Gasteiger partial charge in [-0.2, -0.15) is 0 Å². The zero-order valence-electron chi connectivity index (χ0n) is 13.4. The first-order valence-electron chi connectivity index (χ1n) is 7.70. The van der Waals surface area contributed by atoms with Gasteiger partial charge in [-0.3, -0.25) is 9.59 Å². The molecule has 124 valence electrons. The minimum Gasteiger partial charge on any atom is -0.347 e. The van der Waals surface area contributed by atoms with E-state index < -0.39 is 0 Å². The molecule has 2 unspecified atom stereocenters. The fourth-order valence-electron chi connectivity index (χ4n) is 2.46. The summed E-state index contributed by atoms with van der Waals surface area (Å²) in [7, 11) is 0. The summed E-state index contributed by atoms with van der Waals surface area (Å²) < 4.78 is 0. The van der Waals surface area contributed by atoms with Crippen LogP contribution in [-0.2, 0) is 9.59 Å². The van der Waals surface area contributed by atoms with Crippen LogP contribution in [0.3, 0.4) is 0 Å². The molecular weight excluding hydrogens is 290 g/mol. The summed E-state index contributed by atoms with van der Waals surface area (Å²) in [5.41, 5.74) is 5.91. The molecular formula is C15H30ClN3O2. The first-order chi connectivity index (χ1) is 9.40. The maximum Gasteiger partial charge on any atom is 0.241 e. The Hall–Kier alpha value is -0.810. The number of nitrogens with one attached hydrogen (secondary N) is 1. The van der Waals surface area contributed by atoms with Gasteiger partial charge in [0.25, 0.3) is 0 Å². The average Bonchev–Trinajstić information content (AvgIpc) is 2.42. The van der Waals surface area contributed by atoms with Crippen LogP contribution in [-0.4, -0.2) is 42.4 Å². The Morgan fingerprint density at radius 3 is 2.57 bits per heavy atom. The van der Waals surface area contributed by atoms with Crippen LogP contribution in [0.4, 0.5) is 0 Å². The molecule has 0 aromatic carbocycles. The van der Waals surface area contributed by atoms with Crippen molar-refractivity contribution < 1.29 is 9.59 Å². The first-order valence-corrected chi connectivity index (χ1v) is 7.70. The molecule has 1 aliphatic rings. The van der Waals surface area contributed by atoms with Crippen LogP contribution in [0.2, 0.25) is 0 Å². The van der Waals surface area contributed by atoms with Crippen molar-refractivity contribution in [2.24, 2.45) is 17.6 Å². The Kier molecular flexibility index (Phi) is 9.62. The lowest BCUT2D eigenvalue weighted by molar-refractivity contribution is -0.134. The fourth-order valence-corrected chi connectivity index (χ4v) is 2.46. The summed E-state index contributed by atoms with van der Waals surface area (Å²) in [4.78, 5) is 25.5. The molecule has 1 aliphatic heterocycles. The maximum atomic E-state index is 12.1. The van der Waals surface area contributed by atoms with Gasteiger partial charge >= 0.3 is 0 Å². The van der Waals surface area contributed by atoms with Crippen LogP contribution in [0.5, 0.6) is 0 Å². The van der Waals surface area contributed by atoms with E-state index in [0.29, 0.717) is 18.3 Å². The second-order valence-electron chi connectivity index (χ2n) is 6.31. The Morgan fingerprint density at radius 1 is 1.33 bits per heavy atom. The monoisotopic (exact) mass is 319 g/mol. The van der Waals surface area contributed by atoms with E-state index in [1.807, 2.05) is 11.8 Å². The number of nitrogens with two attached hydrogens (primary N) is 1. The summed E-state index contributed by atoms with van der Waals surface area (Å²) in [5, 5.41) is 2.72. The van der Waals surface area contributed by atoms with Gasteiger partial charge in [0.05, 0.1) is 6.54 Å². The van der Waals surface area contributed by atoms with Crippen LogP contribution in [0.1, 0.15) is 46.5 Å². The molecule has 2 amide bonds. The quantitative estimate of drug-likeness (QED) is 0.780. The number of rotatable bonds is 6. The Labute approximate surface area is 134 Å². The molecule has 0 bridgehead atoms. The first kappa shape index (κ1) is 20.2. The number of carbonyl (C=O) groups is 2. The van der Waals surface area contributed by atoms with E-state index in [1.54, 1.807) is 0 Å². The SMILES string of the molecule is CC(C)CCC(=O)NCC(=O)N1CCCC(C(C)N)C1.Cl. The van der Waals surface area contributed by atoms with Crippen molar-refractivity contribution in [3.8, 4) is 0 Å². The van der Waals surface area contributed by atoms with Gasteiger partial charge in [-0.1, -0.05) is 13.8 Å². The number of likely N-dealkylation sites (tertiary alicyclic amines) is 1. The number of hydrogen-bond acceptors (Lipinski definition) is 3. The Balaban J connectivity index is 0.00000400. The number of carbonyl (C=O) groups excluding carboxylic acids is 2. The lowest BCUT2D eigenvalue weighted by atomic mass is 9.92. The number of hydrogen-bond donors (Lipinski definition) is 2. The highest BCUT2D eigenvalue weighted by molar-refractivity contribution is 5.85. The summed E-state index contributed by atoms with van der Waals surface area (Å²) in [6.45, 7) is 7.78. The molecule has 0 aliphatic carbocycles.